The summed E-state index contributed by atoms with van der Waals surface area (Å²) in [6.07, 6.45) is 0. The van der Waals surface area contributed by atoms with Gasteiger partial charge in [0.25, 0.3) is 0 Å². The van der Waals surface area contributed by atoms with E-state index < -0.39 is 0 Å². The topological polar surface area (TPSA) is 15.3 Å². The molecule has 1 aromatic rings. The quantitative estimate of drug-likeness (QED) is 0.872. The van der Waals surface area contributed by atoms with Gasteiger partial charge in [-0.3, -0.25) is 4.90 Å². The Morgan fingerprint density at radius 3 is 2.62 bits per heavy atom. The summed E-state index contributed by atoms with van der Waals surface area (Å²) in [6, 6.07) is 9.87. The van der Waals surface area contributed by atoms with Crippen LogP contribution in [0.5, 0.6) is 0 Å². The van der Waals surface area contributed by atoms with E-state index in [0.717, 1.165) is 19.6 Å². The molecule has 2 rings (SSSR count). The monoisotopic (exact) mass is 352 g/mol. The zero-order valence-electron chi connectivity index (χ0n) is 14.0. The van der Waals surface area contributed by atoms with Crippen molar-refractivity contribution in [2.45, 2.75) is 53.2 Å². The van der Waals surface area contributed by atoms with Crippen LogP contribution in [0.2, 0.25) is 0 Å². The van der Waals surface area contributed by atoms with Crippen LogP contribution in [0.3, 0.4) is 0 Å². The van der Waals surface area contributed by atoms with Crippen molar-refractivity contribution in [3.8, 4) is 0 Å². The molecule has 1 aliphatic heterocycles. The Labute approximate surface area is 138 Å². The summed E-state index contributed by atoms with van der Waals surface area (Å²) in [4.78, 5) is 2.67. The normalized spacial score (nSPS) is 24.5. The number of piperazine rings is 1. The maximum atomic E-state index is 3.75. The number of nitrogens with zero attached hydrogens (tertiary/aromatic N) is 1. The Morgan fingerprint density at radius 2 is 2.05 bits per heavy atom. The van der Waals surface area contributed by atoms with Crippen molar-refractivity contribution in [3.05, 3.63) is 34.3 Å². The Morgan fingerprint density at radius 1 is 1.33 bits per heavy atom. The van der Waals surface area contributed by atoms with Crippen LogP contribution in [0.15, 0.2) is 28.7 Å². The lowest BCUT2D eigenvalue weighted by Crippen LogP contribution is -2.61. The Hall–Kier alpha value is -0.380. The molecule has 1 N–H and O–H groups in total. The van der Waals surface area contributed by atoms with Crippen molar-refractivity contribution in [1.29, 1.82) is 0 Å². The van der Waals surface area contributed by atoms with E-state index in [1.54, 1.807) is 0 Å². The van der Waals surface area contributed by atoms with Crippen molar-refractivity contribution >= 4 is 15.9 Å². The summed E-state index contributed by atoms with van der Waals surface area (Å²) in [5.74, 6) is 0.677. The van der Waals surface area contributed by atoms with Gasteiger partial charge in [0, 0.05) is 36.2 Å². The fourth-order valence-electron chi connectivity index (χ4n) is 3.18. The van der Waals surface area contributed by atoms with Gasteiger partial charge in [-0.15, -0.1) is 0 Å². The molecule has 0 saturated carbocycles. The lowest BCUT2D eigenvalue weighted by Gasteiger charge is -2.47. The van der Waals surface area contributed by atoms with E-state index in [4.69, 9.17) is 0 Å². The van der Waals surface area contributed by atoms with Gasteiger partial charge in [0.05, 0.1) is 0 Å². The minimum absolute atomic E-state index is 0.293. The van der Waals surface area contributed by atoms with E-state index in [9.17, 15) is 0 Å². The van der Waals surface area contributed by atoms with Gasteiger partial charge < -0.3 is 5.32 Å². The van der Waals surface area contributed by atoms with Crippen molar-refractivity contribution in [3.63, 3.8) is 0 Å². The fourth-order valence-corrected chi connectivity index (χ4v) is 3.63. The highest BCUT2D eigenvalue weighted by atomic mass is 79.9. The number of nitrogens with one attached hydrogen (secondary N) is 1. The SMILES string of the molecule is CC(C)C1CN(Cc2cccc(Br)c2)C(C(C)(C)C)CN1. The molecule has 3 heteroatoms. The molecule has 0 bridgehead atoms. The predicted molar refractivity (Wildman–Crippen MR) is 94.4 cm³/mol. The van der Waals surface area contributed by atoms with Crippen LogP contribution < -0.4 is 5.32 Å². The van der Waals surface area contributed by atoms with Crippen molar-refractivity contribution in [2.24, 2.45) is 11.3 Å². The van der Waals surface area contributed by atoms with E-state index in [1.807, 2.05) is 0 Å². The molecule has 1 aromatic carbocycles. The summed E-state index contributed by atoms with van der Waals surface area (Å²) >= 11 is 3.59. The standard InChI is InChI=1S/C18H29BrN2/c1-13(2)16-12-21(17(10-20-16)18(3,4)5)11-14-7-6-8-15(19)9-14/h6-9,13,16-17,20H,10-12H2,1-5H3. The first-order chi connectivity index (χ1) is 9.77. The van der Waals surface area contributed by atoms with Crippen LogP contribution in [0.4, 0.5) is 0 Å². The molecule has 21 heavy (non-hydrogen) atoms. The van der Waals surface area contributed by atoms with Gasteiger partial charge in [0.15, 0.2) is 0 Å². The third-order valence-electron chi connectivity index (χ3n) is 4.52. The molecule has 0 amide bonds. The molecular weight excluding hydrogens is 324 g/mol. The Kier molecular flexibility index (Phi) is 5.50. The number of hydrogen-bond acceptors (Lipinski definition) is 2. The highest BCUT2D eigenvalue weighted by Gasteiger charge is 2.36. The zero-order valence-corrected chi connectivity index (χ0v) is 15.6. The summed E-state index contributed by atoms with van der Waals surface area (Å²) < 4.78 is 1.17. The maximum absolute atomic E-state index is 3.75. The number of benzene rings is 1. The van der Waals surface area contributed by atoms with Gasteiger partial charge in [-0.1, -0.05) is 62.7 Å². The molecule has 118 valence electrons. The van der Waals surface area contributed by atoms with Crippen LogP contribution in [0.25, 0.3) is 0 Å². The van der Waals surface area contributed by atoms with Crippen molar-refractivity contribution in [1.82, 2.24) is 10.2 Å². The van der Waals surface area contributed by atoms with Gasteiger partial charge in [-0.2, -0.15) is 0 Å². The van der Waals surface area contributed by atoms with Gasteiger partial charge in [0.2, 0.25) is 0 Å². The molecule has 0 aromatic heterocycles. The summed E-state index contributed by atoms with van der Waals surface area (Å²) in [5.41, 5.74) is 1.68. The zero-order chi connectivity index (χ0) is 15.6. The lowest BCUT2D eigenvalue weighted by molar-refractivity contribution is 0.0400. The minimum Gasteiger partial charge on any atom is -0.311 e. The van der Waals surface area contributed by atoms with Gasteiger partial charge in [-0.25, -0.2) is 0 Å². The highest BCUT2D eigenvalue weighted by Crippen LogP contribution is 2.29. The average molecular weight is 353 g/mol. The molecule has 0 radical (unpaired) electrons. The van der Waals surface area contributed by atoms with E-state index in [0.29, 0.717) is 23.4 Å². The van der Waals surface area contributed by atoms with Crippen molar-refractivity contribution in [2.75, 3.05) is 13.1 Å². The molecule has 1 heterocycles. The molecule has 2 unspecified atom stereocenters. The van der Waals surface area contributed by atoms with E-state index in [1.165, 1.54) is 10.0 Å². The third-order valence-corrected chi connectivity index (χ3v) is 5.02. The third kappa shape index (κ3) is 4.54. The average Bonchev–Trinajstić information content (AvgIpc) is 2.37. The summed E-state index contributed by atoms with van der Waals surface area (Å²) in [7, 11) is 0. The summed E-state index contributed by atoms with van der Waals surface area (Å²) in [5, 5.41) is 3.75. The predicted octanol–water partition coefficient (Wildman–Crippen LogP) is 4.29. The molecule has 1 aliphatic rings. The highest BCUT2D eigenvalue weighted by molar-refractivity contribution is 9.10. The number of hydrogen-bond donors (Lipinski definition) is 1. The van der Waals surface area contributed by atoms with Crippen LogP contribution in [0, 0.1) is 11.3 Å². The van der Waals surface area contributed by atoms with Crippen LogP contribution >= 0.6 is 15.9 Å². The fraction of sp³-hybridized carbons (Fsp3) is 0.667. The van der Waals surface area contributed by atoms with Crippen LogP contribution in [-0.4, -0.2) is 30.1 Å². The largest absolute Gasteiger partial charge is 0.311 e. The molecule has 2 nitrogen and oxygen atoms in total. The second-order valence-electron chi connectivity index (χ2n) is 7.70. The maximum Gasteiger partial charge on any atom is 0.0273 e. The minimum atomic E-state index is 0.293. The first-order valence-corrected chi connectivity index (χ1v) is 8.78. The second kappa shape index (κ2) is 6.80. The van der Waals surface area contributed by atoms with Gasteiger partial charge >= 0.3 is 0 Å². The first kappa shape index (κ1) is 17.0. The molecule has 1 saturated heterocycles. The molecule has 2 atom stereocenters. The van der Waals surface area contributed by atoms with Crippen LogP contribution in [0.1, 0.15) is 40.2 Å². The molecular formula is C18H29BrN2. The Balaban J connectivity index is 2.17. The van der Waals surface area contributed by atoms with E-state index in [2.05, 4.69) is 85.0 Å². The van der Waals surface area contributed by atoms with E-state index in [-0.39, 0.29) is 0 Å². The van der Waals surface area contributed by atoms with Gasteiger partial charge in [-0.05, 0) is 29.0 Å². The lowest BCUT2D eigenvalue weighted by atomic mass is 9.82. The molecule has 1 fully saturated rings. The van der Waals surface area contributed by atoms with Crippen LogP contribution in [-0.2, 0) is 6.54 Å². The molecule has 0 spiro atoms. The number of rotatable bonds is 3. The smallest absolute Gasteiger partial charge is 0.0273 e. The number of halogens is 1. The second-order valence-corrected chi connectivity index (χ2v) is 8.62. The molecule has 0 aliphatic carbocycles. The summed E-state index contributed by atoms with van der Waals surface area (Å²) in [6.45, 7) is 14.9. The van der Waals surface area contributed by atoms with E-state index >= 15 is 0 Å². The van der Waals surface area contributed by atoms with Gasteiger partial charge in [0.1, 0.15) is 0 Å². The van der Waals surface area contributed by atoms with Crippen molar-refractivity contribution < 1.29 is 0 Å². The first-order valence-electron chi connectivity index (χ1n) is 7.99. The Bertz CT molecular complexity index is 465.